The molecule has 0 aromatic heterocycles. The van der Waals surface area contributed by atoms with Crippen LogP contribution >= 0.6 is 0 Å². The molecule has 0 aromatic rings. The predicted octanol–water partition coefficient (Wildman–Crippen LogP) is -0.625. The molecule has 5 N–H and O–H groups in total. The zero-order valence-corrected chi connectivity index (χ0v) is 17.5. The van der Waals surface area contributed by atoms with Crippen molar-refractivity contribution in [3.05, 3.63) is 11.1 Å². The predicted molar refractivity (Wildman–Crippen MR) is 102 cm³/mol. The van der Waals surface area contributed by atoms with Gasteiger partial charge in [-0.25, -0.2) is 0 Å². The van der Waals surface area contributed by atoms with Gasteiger partial charge in [0.25, 0.3) is 0 Å². The van der Waals surface area contributed by atoms with Crippen LogP contribution in [0.25, 0.3) is 0 Å². The summed E-state index contributed by atoms with van der Waals surface area (Å²) < 4.78 is 17.1. The molecule has 9 heteroatoms. The Labute approximate surface area is 175 Å². The Hall–Kier alpha value is -1.07. The summed E-state index contributed by atoms with van der Waals surface area (Å²) in [4.78, 5) is 12.2. The first-order chi connectivity index (χ1) is 14.0. The number of fused-ring (bicyclic) bond motifs is 3. The van der Waals surface area contributed by atoms with E-state index in [0.29, 0.717) is 12.8 Å². The summed E-state index contributed by atoms with van der Waals surface area (Å²) in [5, 5.41) is 50.9. The highest BCUT2D eigenvalue weighted by molar-refractivity contribution is 5.77. The summed E-state index contributed by atoms with van der Waals surface area (Å²) in [6.45, 7) is 5.12. The van der Waals surface area contributed by atoms with Crippen molar-refractivity contribution in [1.82, 2.24) is 0 Å². The van der Waals surface area contributed by atoms with Crippen LogP contribution in [0.5, 0.6) is 0 Å². The fourth-order valence-electron chi connectivity index (χ4n) is 5.63. The number of hydrogen-bond acceptors (Lipinski definition) is 9. The van der Waals surface area contributed by atoms with E-state index in [0.717, 1.165) is 24.0 Å². The summed E-state index contributed by atoms with van der Waals surface area (Å²) in [6.07, 6.45) is -5.41. The number of esters is 1. The molecule has 0 spiro atoms. The van der Waals surface area contributed by atoms with Gasteiger partial charge in [0, 0.05) is 0 Å². The van der Waals surface area contributed by atoms with E-state index < -0.39 is 67.0 Å². The van der Waals surface area contributed by atoms with E-state index in [1.165, 1.54) is 0 Å². The van der Waals surface area contributed by atoms with Crippen molar-refractivity contribution in [1.29, 1.82) is 0 Å². The molecule has 0 aromatic carbocycles. The van der Waals surface area contributed by atoms with E-state index in [1.807, 2.05) is 6.92 Å². The van der Waals surface area contributed by atoms with E-state index >= 15 is 0 Å². The van der Waals surface area contributed by atoms with Crippen molar-refractivity contribution in [3.63, 3.8) is 0 Å². The van der Waals surface area contributed by atoms with E-state index in [9.17, 15) is 30.3 Å². The van der Waals surface area contributed by atoms with Crippen molar-refractivity contribution in [2.24, 2.45) is 11.3 Å². The Balaban J connectivity index is 1.62. The van der Waals surface area contributed by atoms with Crippen LogP contribution in [-0.2, 0) is 19.0 Å². The molecule has 2 heterocycles. The number of rotatable bonds is 3. The molecular weight excluding hydrogens is 396 g/mol. The minimum absolute atomic E-state index is 0.236. The molecule has 0 amide bonds. The van der Waals surface area contributed by atoms with Crippen LogP contribution in [0, 0.1) is 11.3 Å². The Kier molecular flexibility index (Phi) is 5.54. The molecule has 0 radical (unpaired) electrons. The number of ether oxygens (including phenoxy) is 3. The lowest BCUT2D eigenvalue weighted by molar-refractivity contribution is -0.309. The number of aliphatic hydroxyl groups is 5. The molecule has 30 heavy (non-hydrogen) atoms. The molecule has 4 rings (SSSR count). The lowest BCUT2D eigenvalue weighted by Gasteiger charge is -2.51. The second kappa shape index (κ2) is 7.51. The van der Waals surface area contributed by atoms with Crippen molar-refractivity contribution in [3.8, 4) is 0 Å². The molecule has 170 valence electrons. The quantitative estimate of drug-likeness (QED) is 0.293. The van der Waals surface area contributed by atoms with Gasteiger partial charge in [0.05, 0.1) is 18.6 Å². The van der Waals surface area contributed by atoms with Gasteiger partial charge in [-0.15, -0.1) is 0 Å². The van der Waals surface area contributed by atoms with E-state index in [4.69, 9.17) is 14.2 Å². The fraction of sp³-hybridized carbons (Fsp3) is 0.857. The highest BCUT2D eigenvalue weighted by atomic mass is 16.7. The number of hydrogen-bond donors (Lipinski definition) is 5. The largest absolute Gasteiger partial charge is 0.454 e. The third kappa shape index (κ3) is 3.14. The smallest absolute Gasteiger partial charge is 0.312 e. The van der Waals surface area contributed by atoms with Gasteiger partial charge >= 0.3 is 5.97 Å². The summed E-state index contributed by atoms with van der Waals surface area (Å²) >= 11 is 0. The number of aliphatic hydroxyl groups excluding tert-OH is 4. The maximum Gasteiger partial charge on any atom is 0.312 e. The monoisotopic (exact) mass is 428 g/mol. The van der Waals surface area contributed by atoms with Gasteiger partial charge < -0.3 is 39.7 Å². The zero-order valence-electron chi connectivity index (χ0n) is 17.5. The highest BCUT2D eigenvalue weighted by Crippen LogP contribution is 2.57. The Morgan fingerprint density at radius 2 is 1.83 bits per heavy atom. The van der Waals surface area contributed by atoms with Crippen LogP contribution in [0.2, 0.25) is 0 Å². The second-order valence-electron chi connectivity index (χ2n) is 9.55. The van der Waals surface area contributed by atoms with Gasteiger partial charge in [0.2, 0.25) is 0 Å². The van der Waals surface area contributed by atoms with Gasteiger partial charge in [-0.05, 0) is 56.1 Å². The minimum Gasteiger partial charge on any atom is -0.454 e. The molecule has 2 aliphatic carbocycles. The average molecular weight is 428 g/mol. The summed E-state index contributed by atoms with van der Waals surface area (Å²) in [5.41, 5.74) is 0.180. The molecule has 4 aliphatic rings. The normalized spacial score (nSPS) is 51.4. The minimum atomic E-state index is -1.51. The second-order valence-corrected chi connectivity index (χ2v) is 9.55. The molecule has 10 atom stereocenters. The first-order valence-electron chi connectivity index (χ1n) is 10.6. The van der Waals surface area contributed by atoms with Crippen LogP contribution in [0.1, 0.15) is 46.5 Å². The fourth-order valence-corrected chi connectivity index (χ4v) is 5.63. The molecule has 2 saturated heterocycles. The third-order valence-corrected chi connectivity index (χ3v) is 7.79. The Morgan fingerprint density at radius 1 is 1.13 bits per heavy atom. The van der Waals surface area contributed by atoms with Crippen molar-refractivity contribution >= 4 is 5.97 Å². The number of carbonyl (C=O) groups excluding carboxylic acids is 1. The first kappa shape index (κ1) is 22.1. The van der Waals surface area contributed by atoms with Crippen LogP contribution in [-0.4, -0.2) is 86.6 Å². The van der Waals surface area contributed by atoms with Gasteiger partial charge in [-0.2, -0.15) is 0 Å². The molecule has 2 aliphatic heterocycles. The van der Waals surface area contributed by atoms with Crippen molar-refractivity contribution in [2.75, 3.05) is 6.61 Å². The van der Waals surface area contributed by atoms with Crippen LogP contribution < -0.4 is 0 Å². The summed E-state index contributed by atoms with van der Waals surface area (Å²) in [5.74, 6) is -1.02. The highest BCUT2D eigenvalue weighted by Gasteiger charge is 2.62. The van der Waals surface area contributed by atoms with Crippen LogP contribution in [0.3, 0.4) is 0 Å². The number of carbonyl (C=O) groups is 1. The van der Waals surface area contributed by atoms with Gasteiger partial charge in [-0.3, -0.25) is 4.79 Å². The Morgan fingerprint density at radius 3 is 2.50 bits per heavy atom. The lowest BCUT2D eigenvalue weighted by atomic mass is 9.57. The molecular formula is C21H32O9. The van der Waals surface area contributed by atoms with Crippen LogP contribution in [0.15, 0.2) is 11.1 Å². The summed E-state index contributed by atoms with van der Waals surface area (Å²) in [7, 11) is 0. The molecule has 0 bridgehead atoms. The molecule has 9 nitrogen and oxygen atoms in total. The lowest BCUT2D eigenvalue weighted by Crippen LogP contribution is -2.60. The SMILES string of the molecule is CC1=C2[C@@H]3OC(=O)C(C)[C@]3(O)CC[C@@]2(C)CC[C@H]1O[C@H]1OC(CO)C(O)C(O)C1O. The van der Waals surface area contributed by atoms with Gasteiger partial charge in [0.15, 0.2) is 12.4 Å². The molecule has 5 unspecified atom stereocenters. The average Bonchev–Trinajstić information content (AvgIpc) is 2.94. The van der Waals surface area contributed by atoms with Gasteiger partial charge in [-0.1, -0.05) is 6.92 Å². The maximum absolute atomic E-state index is 12.2. The molecule has 1 saturated carbocycles. The first-order valence-corrected chi connectivity index (χ1v) is 10.6. The van der Waals surface area contributed by atoms with Crippen molar-refractivity contribution < 1.29 is 44.5 Å². The Bertz CT molecular complexity index is 736. The molecule has 3 fully saturated rings. The van der Waals surface area contributed by atoms with E-state index in [1.54, 1.807) is 6.92 Å². The van der Waals surface area contributed by atoms with Crippen molar-refractivity contribution in [2.45, 2.75) is 95.0 Å². The van der Waals surface area contributed by atoms with E-state index in [2.05, 4.69) is 6.92 Å². The topological polar surface area (TPSA) is 146 Å². The zero-order chi connectivity index (χ0) is 22.0. The summed E-state index contributed by atoms with van der Waals surface area (Å²) in [6, 6.07) is 0. The standard InChI is InChI=1S/C21H32O9/c1-9-11(28-19-16(25)15(24)14(23)12(8-22)29-19)4-5-20(3)6-7-21(27)10(2)18(26)30-17(21)13(9)20/h10-12,14-17,19,22-25,27H,4-8H2,1-3H3/t10?,11-,12?,14?,15?,16?,17+,19+,20-,21-/m1/s1. The van der Waals surface area contributed by atoms with Gasteiger partial charge in [0.1, 0.15) is 30.0 Å². The van der Waals surface area contributed by atoms with Crippen LogP contribution in [0.4, 0.5) is 0 Å². The van der Waals surface area contributed by atoms with E-state index in [-0.39, 0.29) is 5.41 Å². The maximum atomic E-state index is 12.2. The third-order valence-electron chi connectivity index (χ3n) is 7.79.